The van der Waals surface area contributed by atoms with Crippen LogP contribution < -0.4 is 11.2 Å². The first kappa shape index (κ1) is 16.6. The quantitative estimate of drug-likeness (QED) is 0.881. The second-order valence-electron chi connectivity index (χ2n) is 6.46. The van der Waals surface area contributed by atoms with Gasteiger partial charge in [0, 0.05) is 31.0 Å². The summed E-state index contributed by atoms with van der Waals surface area (Å²) in [7, 11) is 0. The van der Waals surface area contributed by atoms with Crippen LogP contribution in [-0.2, 0) is 6.54 Å². The number of fused-ring (bicyclic) bond motifs is 1. The van der Waals surface area contributed by atoms with Crippen LogP contribution in [0.15, 0.2) is 29.2 Å². The lowest BCUT2D eigenvalue weighted by Crippen LogP contribution is -2.45. The second kappa shape index (κ2) is 6.67. The van der Waals surface area contributed by atoms with Crippen LogP contribution in [0.3, 0.4) is 0 Å². The Morgan fingerprint density at radius 1 is 1.29 bits per heavy atom. The number of nitrogens with two attached hydrogens (primary N) is 1. The predicted octanol–water partition coefficient (Wildman–Crippen LogP) is 3.01. The number of likely N-dealkylation sites (tertiary alicyclic amines) is 1. The average molecular weight is 327 g/mol. The van der Waals surface area contributed by atoms with Crippen molar-refractivity contribution in [1.82, 2.24) is 9.47 Å². The Kier molecular flexibility index (Phi) is 4.60. The van der Waals surface area contributed by atoms with Gasteiger partial charge in [-0.2, -0.15) is 0 Å². The molecular weight excluding hydrogens is 302 g/mol. The smallest absolute Gasteiger partial charge is 0.259 e. The van der Waals surface area contributed by atoms with E-state index in [0.717, 1.165) is 37.7 Å². The van der Waals surface area contributed by atoms with Gasteiger partial charge in [-0.1, -0.05) is 13.0 Å². The van der Waals surface area contributed by atoms with E-state index >= 15 is 0 Å². The number of nitrogen functional groups attached to an aromatic ring is 1. The van der Waals surface area contributed by atoms with Crippen molar-refractivity contribution < 1.29 is 4.79 Å². The minimum absolute atomic E-state index is 0.154. The van der Waals surface area contributed by atoms with E-state index in [1.54, 1.807) is 12.3 Å². The standard InChI is InChI=1S/C19H25N3O2/c1-3-13-8-5-6-11-22(13)19(24)14-12-21(4-2)16-10-7-9-15(20)17(16)18(14)23/h7,9-10,12-13H,3-6,8,11,20H2,1-2H3. The van der Waals surface area contributed by atoms with Gasteiger partial charge in [-0.25, -0.2) is 0 Å². The van der Waals surface area contributed by atoms with Gasteiger partial charge in [0.2, 0.25) is 5.43 Å². The Labute approximate surface area is 142 Å². The van der Waals surface area contributed by atoms with Crippen LogP contribution in [0.1, 0.15) is 49.9 Å². The normalized spacial score (nSPS) is 18.1. The fraction of sp³-hybridized carbons (Fsp3) is 0.474. The summed E-state index contributed by atoms with van der Waals surface area (Å²) in [5, 5.41) is 0.454. The molecule has 1 aliphatic heterocycles. The van der Waals surface area contributed by atoms with Crippen LogP contribution in [0.4, 0.5) is 5.69 Å². The van der Waals surface area contributed by atoms with E-state index in [1.807, 2.05) is 28.5 Å². The molecule has 1 aromatic carbocycles. The van der Waals surface area contributed by atoms with Crippen molar-refractivity contribution in [3.05, 3.63) is 40.2 Å². The highest BCUT2D eigenvalue weighted by Crippen LogP contribution is 2.23. The maximum atomic E-state index is 13.1. The van der Waals surface area contributed by atoms with Crippen molar-refractivity contribution in [3.8, 4) is 0 Å². The molecule has 2 N–H and O–H groups in total. The first-order valence-electron chi connectivity index (χ1n) is 8.81. The number of carbonyl (C=O) groups excluding carboxylic acids is 1. The lowest BCUT2D eigenvalue weighted by molar-refractivity contribution is 0.0606. The maximum absolute atomic E-state index is 13.1. The topological polar surface area (TPSA) is 68.3 Å². The summed E-state index contributed by atoms with van der Waals surface area (Å²) in [6.45, 7) is 5.50. The molecule has 5 nitrogen and oxygen atoms in total. The van der Waals surface area contributed by atoms with E-state index in [1.165, 1.54) is 0 Å². The van der Waals surface area contributed by atoms with E-state index in [4.69, 9.17) is 5.73 Å². The zero-order valence-corrected chi connectivity index (χ0v) is 14.4. The van der Waals surface area contributed by atoms with E-state index in [-0.39, 0.29) is 22.9 Å². The largest absolute Gasteiger partial charge is 0.398 e. The molecule has 24 heavy (non-hydrogen) atoms. The molecule has 1 unspecified atom stereocenters. The highest BCUT2D eigenvalue weighted by Gasteiger charge is 2.28. The van der Waals surface area contributed by atoms with Gasteiger partial charge in [-0.3, -0.25) is 9.59 Å². The second-order valence-corrected chi connectivity index (χ2v) is 6.46. The van der Waals surface area contributed by atoms with Crippen molar-refractivity contribution in [3.63, 3.8) is 0 Å². The summed E-state index contributed by atoms with van der Waals surface area (Å²) in [5.41, 5.74) is 7.24. The average Bonchev–Trinajstić information content (AvgIpc) is 2.61. The Bertz CT molecular complexity index is 825. The molecule has 0 bridgehead atoms. The molecule has 1 amide bonds. The van der Waals surface area contributed by atoms with Crippen LogP contribution >= 0.6 is 0 Å². The monoisotopic (exact) mass is 327 g/mol. The summed E-state index contributed by atoms with van der Waals surface area (Å²) in [4.78, 5) is 27.9. The molecule has 1 saturated heterocycles. The molecule has 128 valence electrons. The highest BCUT2D eigenvalue weighted by atomic mass is 16.2. The number of piperidine rings is 1. The number of anilines is 1. The minimum atomic E-state index is -0.252. The first-order chi connectivity index (χ1) is 11.6. The molecular formula is C19H25N3O2. The fourth-order valence-corrected chi connectivity index (χ4v) is 3.72. The fourth-order valence-electron chi connectivity index (χ4n) is 3.72. The van der Waals surface area contributed by atoms with Gasteiger partial charge in [0.25, 0.3) is 5.91 Å². The van der Waals surface area contributed by atoms with Crippen LogP contribution in [0.2, 0.25) is 0 Å². The van der Waals surface area contributed by atoms with Crippen molar-refractivity contribution in [2.24, 2.45) is 0 Å². The number of hydrogen-bond acceptors (Lipinski definition) is 3. The lowest BCUT2D eigenvalue weighted by atomic mass is 9.98. The summed E-state index contributed by atoms with van der Waals surface area (Å²) < 4.78 is 1.94. The van der Waals surface area contributed by atoms with Crippen molar-refractivity contribution in [2.75, 3.05) is 12.3 Å². The number of nitrogens with zero attached hydrogens (tertiary/aromatic N) is 2. The van der Waals surface area contributed by atoms with Gasteiger partial charge in [0.05, 0.1) is 10.9 Å². The van der Waals surface area contributed by atoms with Crippen LogP contribution in [-0.4, -0.2) is 28.0 Å². The highest BCUT2D eigenvalue weighted by molar-refractivity contribution is 6.00. The molecule has 1 fully saturated rings. The Morgan fingerprint density at radius 3 is 2.79 bits per heavy atom. The van der Waals surface area contributed by atoms with Crippen molar-refractivity contribution >= 4 is 22.5 Å². The molecule has 2 heterocycles. The molecule has 1 aliphatic rings. The third-order valence-electron chi connectivity index (χ3n) is 5.07. The molecule has 0 saturated carbocycles. The number of benzene rings is 1. The van der Waals surface area contributed by atoms with Gasteiger partial charge >= 0.3 is 0 Å². The van der Waals surface area contributed by atoms with Crippen LogP contribution in [0, 0.1) is 0 Å². The van der Waals surface area contributed by atoms with Gasteiger partial charge in [-0.15, -0.1) is 0 Å². The van der Waals surface area contributed by atoms with Gasteiger partial charge in [-0.05, 0) is 44.7 Å². The third-order valence-corrected chi connectivity index (χ3v) is 5.07. The number of aryl methyl sites for hydroxylation is 1. The predicted molar refractivity (Wildman–Crippen MR) is 97.3 cm³/mol. The molecule has 0 spiro atoms. The number of hydrogen-bond donors (Lipinski definition) is 1. The maximum Gasteiger partial charge on any atom is 0.259 e. The number of aromatic nitrogens is 1. The van der Waals surface area contributed by atoms with Crippen molar-refractivity contribution in [1.29, 1.82) is 0 Å². The number of rotatable bonds is 3. The van der Waals surface area contributed by atoms with Crippen LogP contribution in [0.5, 0.6) is 0 Å². The number of amides is 1. The van der Waals surface area contributed by atoms with E-state index < -0.39 is 0 Å². The number of pyridine rings is 1. The first-order valence-corrected chi connectivity index (χ1v) is 8.81. The zero-order valence-electron chi connectivity index (χ0n) is 14.4. The Hall–Kier alpha value is -2.30. The van der Waals surface area contributed by atoms with E-state index in [0.29, 0.717) is 17.6 Å². The SMILES string of the molecule is CCC1CCCCN1C(=O)c1cn(CC)c2cccc(N)c2c1=O. The molecule has 3 rings (SSSR count). The van der Waals surface area contributed by atoms with Crippen molar-refractivity contribution in [2.45, 2.75) is 52.1 Å². The van der Waals surface area contributed by atoms with Gasteiger partial charge in [0.1, 0.15) is 5.56 Å². The van der Waals surface area contributed by atoms with Gasteiger partial charge < -0.3 is 15.2 Å². The summed E-state index contributed by atoms with van der Waals surface area (Å²) in [5.74, 6) is -0.154. The van der Waals surface area contributed by atoms with Gasteiger partial charge in [0.15, 0.2) is 0 Å². The van der Waals surface area contributed by atoms with E-state index in [9.17, 15) is 9.59 Å². The molecule has 0 radical (unpaired) electrons. The molecule has 0 aliphatic carbocycles. The molecule has 1 aromatic heterocycles. The lowest BCUT2D eigenvalue weighted by Gasteiger charge is -2.35. The third kappa shape index (κ3) is 2.68. The van der Waals surface area contributed by atoms with Crippen LogP contribution in [0.25, 0.3) is 10.9 Å². The minimum Gasteiger partial charge on any atom is -0.398 e. The molecule has 2 aromatic rings. The Balaban J connectivity index is 2.15. The summed E-state index contributed by atoms with van der Waals surface area (Å²) >= 11 is 0. The number of carbonyl (C=O) groups is 1. The van der Waals surface area contributed by atoms with E-state index in [2.05, 4.69) is 6.92 Å². The molecule has 5 heteroatoms. The summed E-state index contributed by atoms with van der Waals surface area (Å²) in [6, 6.07) is 5.65. The zero-order chi connectivity index (χ0) is 17.3. The Morgan fingerprint density at radius 2 is 2.08 bits per heavy atom. The summed E-state index contributed by atoms with van der Waals surface area (Å²) in [6.07, 6.45) is 5.78. The molecule has 1 atom stereocenters.